The van der Waals surface area contributed by atoms with Crippen molar-refractivity contribution in [2.75, 3.05) is 20.3 Å². The Kier molecular flexibility index (Phi) is 4.70. The molecule has 2 rings (SSSR count). The van der Waals surface area contributed by atoms with E-state index in [-0.39, 0.29) is 25.1 Å². The largest absolute Gasteiger partial charge is 0.481 e. The Hall–Kier alpha value is -2.09. The number of ether oxygens (including phenoxy) is 1. The van der Waals surface area contributed by atoms with E-state index < -0.39 is 41.3 Å². The molecule has 2 atom stereocenters. The minimum Gasteiger partial charge on any atom is -0.481 e. The molecule has 0 spiro atoms. The van der Waals surface area contributed by atoms with Gasteiger partial charge in [0.2, 0.25) is 5.91 Å². The van der Waals surface area contributed by atoms with Gasteiger partial charge in [0.15, 0.2) is 17.5 Å². The van der Waals surface area contributed by atoms with Gasteiger partial charge in [-0.05, 0) is 17.7 Å². The van der Waals surface area contributed by atoms with Crippen molar-refractivity contribution in [3.8, 4) is 0 Å². The van der Waals surface area contributed by atoms with Crippen LogP contribution in [0.1, 0.15) is 18.0 Å². The Morgan fingerprint density at radius 3 is 2.45 bits per heavy atom. The molecule has 1 aromatic rings. The summed E-state index contributed by atoms with van der Waals surface area (Å²) >= 11 is 0. The standard InChI is InChI=1S/C14H14F3NO4/c1-22-3-2-18-11(19)6-8(14(20)21)13(18)7-4-9(15)12(17)10(16)5-7/h4-5,8,13H,2-3,6H2,1H3,(H,20,21). The monoisotopic (exact) mass is 317 g/mol. The van der Waals surface area contributed by atoms with Crippen LogP contribution in [0.25, 0.3) is 0 Å². The number of carboxylic acid groups (broad SMARTS) is 1. The predicted octanol–water partition coefficient (Wildman–Crippen LogP) is 1.72. The number of rotatable bonds is 5. The van der Waals surface area contributed by atoms with Crippen LogP contribution >= 0.6 is 0 Å². The molecule has 1 fully saturated rings. The SMILES string of the molecule is COCCN1C(=O)CC(C(=O)O)C1c1cc(F)c(F)c(F)c1. The maximum absolute atomic E-state index is 13.4. The maximum Gasteiger partial charge on any atom is 0.309 e. The molecule has 0 aromatic heterocycles. The summed E-state index contributed by atoms with van der Waals surface area (Å²) in [5, 5.41) is 9.23. The Bertz CT molecular complexity index is 585. The fourth-order valence-electron chi connectivity index (χ4n) is 2.62. The van der Waals surface area contributed by atoms with Gasteiger partial charge in [0.1, 0.15) is 0 Å². The van der Waals surface area contributed by atoms with Crippen LogP contribution in [0.2, 0.25) is 0 Å². The van der Waals surface area contributed by atoms with Crippen LogP contribution < -0.4 is 0 Å². The zero-order valence-corrected chi connectivity index (χ0v) is 11.7. The van der Waals surface area contributed by atoms with Crippen LogP contribution in [0.5, 0.6) is 0 Å². The van der Waals surface area contributed by atoms with Gasteiger partial charge in [0.05, 0.1) is 18.6 Å². The smallest absolute Gasteiger partial charge is 0.309 e. The molecule has 1 saturated heterocycles. The number of amides is 1. The lowest BCUT2D eigenvalue weighted by Crippen LogP contribution is -2.33. The van der Waals surface area contributed by atoms with E-state index in [1.807, 2.05) is 0 Å². The molecule has 1 aromatic carbocycles. The lowest BCUT2D eigenvalue weighted by molar-refractivity contribution is -0.142. The van der Waals surface area contributed by atoms with Gasteiger partial charge < -0.3 is 14.7 Å². The molecule has 0 bridgehead atoms. The van der Waals surface area contributed by atoms with Crippen LogP contribution in [-0.2, 0) is 14.3 Å². The lowest BCUT2D eigenvalue weighted by Gasteiger charge is -2.27. The summed E-state index contributed by atoms with van der Waals surface area (Å²) in [6, 6.07) is 0.374. The Labute approximate surface area is 124 Å². The van der Waals surface area contributed by atoms with Gasteiger partial charge in [0, 0.05) is 20.1 Å². The van der Waals surface area contributed by atoms with Crippen molar-refractivity contribution in [3.05, 3.63) is 35.1 Å². The fourth-order valence-corrected chi connectivity index (χ4v) is 2.62. The van der Waals surface area contributed by atoms with E-state index in [0.29, 0.717) is 0 Å². The molecule has 120 valence electrons. The topological polar surface area (TPSA) is 66.8 Å². The molecule has 0 saturated carbocycles. The summed E-state index contributed by atoms with van der Waals surface area (Å²) in [7, 11) is 1.40. The molecule has 1 amide bonds. The highest BCUT2D eigenvalue weighted by atomic mass is 19.2. The van der Waals surface area contributed by atoms with E-state index in [1.165, 1.54) is 12.0 Å². The maximum atomic E-state index is 13.4. The number of nitrogens with zero attached hydrogens (tertiary/aromatic N) is 1. The van der Waals surface area contributed by atoms with Gasteiger partial charge in [-0.2, -0.15) is 0 Å². The van der Waals surface area contributed by atoms with Crippen LogP contribution in [0.15, 0.2) is 12.1 Å². The molecule has 0 radical (unpaired) electrons. The van der Waals surface area contributed by atoms with Crippen molar-refractivity contribution < 1.29 is 32.6 Å². The van der Waals surface area contributed by atoms with Crippen LogP contribution in [0.3, 0.4) is 0 Å². The molecule has 22 heavy (non-hydrogen) atoms. The summed E-state index contributed by atoms with van der Waals surface area (Å²) in [5.41, 5.74) is -0.0919. The second-order valence-electron chi connectivity index (χ2n) is 4.97. The number of carbonyl (C=O) groups excluding carboxylic acids is 1. The van der Waals surface area contributed by atoms with E-state index in [1.54, 1.807) is 0 Å². The van der Waals surface area contributed by atoms with Gasteiger partial charge >= 0.3 is 5.97 Å². The van der Waals surface area contributed by atoms with Gasteiger partial charge in [-0.3, -0.25) is 9.59 Å². The van der Waals surface area contributed by atoms with Crippen molar-refractivity contribution in [2.45, 2.75) is 12.5 Å². The quantitative estimate of drug-likeness (QED) is 0.840. The number of hydrogen-bond donors (Lipinski definition) is 1. The fraction of sp³-hybridized carbons (Fsp3) is 0.429. The highest BCUT2D eigenvalue weighted by Crippen LogP contribution is 2.38. The minimum atomic E-state index is -1.64. The van der Waals surface area contributed by atoms with Gasteiger partial charge in [-0.15, -0.1) is 0 Å². The molecule has 2 unspecified atom stereocenters. The van der Waals surface area contributed by atoms with Crippen molar-refractivity contribution in [1.82, 2.24) is 4.90 Å². The average Bonchev–Trinajstić information content (AvgIpc) is 2.79. The first-order valence-corrected chi connectivity index (χ1v) is 6.52. The minimum absolute atomic E-state index is 0.0738. The zero-order chi connectivity index (χ0) is 16.4. The Morgan fingerprint density at radius 2 is 1.95 bits per heavy atom. The highest BCUT2D eigenvalue weighted by Gasteiger charge is 2.44. The summed E-state index contributed by atoms with van der Waals surface area (Å²) in [6.07, 6.45) is -0.287. The third-order valence-electron chi connectivity index (χ3n) is 3.63. The zero-order valence-electron chi connectivity index (χ0n) is 11.7. The Balaban J connectivity index is 2.45. The molecule has 0 aliphatic carbocycles. The van der Waals surface area contributed by atoms with Crippen molar-refractivity contribution in [2.24, 2.45) is 5.92 Å². The third kappa shape index (κ3) is 2.92. The summed E-state index contributed by atoms with van der Waals surface area (Å²) in [6.45, 7) is 0.213. The highest BCUT2D eigenvalue weighted by molar-refractivity contribution is 5.87. The van der Waals surface area contributed by atoms with E-state index in [4.69, 9.17) is 4.74 Å². The molecular weight excluding hydrogens is 303 g/mol. The van der Waals surface area contributed by atoms with Crippen LogP contribution in [0.4, 0.5) is 13.2 Å². The first kappa shape index (κ1) is 16.3. The molecular formula is C14H14F3NO4. The lowest BCUT2D eigenvalue weighted by atomic mass is 9.93. The van der Waals surface area contributed by atoms with Crippen molar-refractivity contribution in [3.63, 3.8) is 0 Å². The third-order valence-corrected chi connectivity index (χ3v) is 3.63. The first-order chi connectivity index (χ1) is 10.4. The number of aliphatic carboxylic acids is 1. The molecule has 5 nitrogen and oxygen atoms in total. The van der Waals surface area contributed by atoms with Crippen molar-refractivity contribution >= 4 is 11.9 Å². The van der Waals surface area contributed by atoms with E-state index >= 15 is 0 Å². The summed E-state index contributed by atoms with van der Waals surface area (Å²) < 4.78 is 44.7. The molecule has 1 aliphatic rings. The van der Waals surface area contributed by atoms with E-state index in [2.05, 4.69) is 0 Å². The number of halogens is 3. The summed E-state index contributed by atoms with van der Waals surface area (Å²) in [4.78, 5) is 24.5. The number of hydrogen-bond acceptors (Lipinski definition) is 3. The van der Waals surface area contributed by atoms with Crippen LogP contribution in [-0.4, -0.2) is 42.1 Å². The van der Waals surface area contributed by atoms with Gasteiger partial charge in [-0.25, -0.2) is 13.2 Å². The second kappa shape index (κ2) is 6.35. The van der Waals surface area contributed by atoms with Gasteiger partial charge in [0.25, 0.3) is 0 Å². The first-order valence-electron chi connectivity index (χ1n) is 6.52. The average molecular weight is 317 g/mol. The number of carbonyl (C=O) groups is 2. The van der Waals surface area contributed by atoms with Crippen molar-refractivity contribution in [1.29, 1.82) is 0 Å². The second-order valence-corrected chi connectivity index (χ2v) is 4.97. The molecule has 1 aliphatic heterocycles. The number of carboxylic acids is 1. The molecule has 1 N–H and O–H groups in total. The van der Waals surface area contributed by atoms with Gasteiger partial charge in [-0.1, -0.05) is 0 Å². The number of benzene rings is 1. The molecule has 1 heterocycles. The number of methoxy groups -OCH3 is 1. The van der Waals surface area contributed by atoms with Crippen LogP contribution in [0, 0.1) is 23.4 Å². The predicted molar refractivity (Wildman–Crippen MR) is 68.4 cm³/mol. The Morgan fingerprint density at radius 1 is 1.36 bits per heavy atom. The molecule has 8 heteroatoms. The van der Waals surface area contributed by atoms with E-state index in [0.717, 1.165) is 12.1 Å². The normalized spacial score (nSPS) is 21.5. The number of likely N-dealkylation sites (tertiary alicyclic amines) is 1. The van der Waals surface area contributed by atoms with E-state index in [9.17, 15) is 27.9 Å². The summed E-state index contributed by atoms with van der Waals surface area (Å²) in [5.74, 6) is -7.37.